The molecule has 144 valence electrons. The molecule has 0 amide bonds. The second-order valence-corrected chi connectivity index (χ2v) is 7.57. The zero-order valence-electron chi connectivity index (χ0n) is 16.1. The van der Waals surface area contributed by atoms with E-state index >= 15 is 0 Å². The number of nitrogens with zero attached hydrogens (tertiary/aromatic N) is 1. The van der Waals surface area contributed by atoms with Crippen molar-refractivity contribution in [1.82, 2.24) is 4.90 Å². The van der Waals surface area contributed by atoms with Gasteiger partial charge in [0, 0.05) is 24.2 Å². The van der Waals surface area contributed by atoms with Gasteiger partial charge in [0.25, 0.3) is 0 Å². The average Bonchev–Trinajstić information content (AvgIpc) is 3.26. The highest BCUT2D eigenvalue weighted by Crippen LogP contribution is 2.43. The number of carbonyl (C=O) groups excluding carboxylic acids is 1. The van der Waals surface area contributed by atoms with E-state index < -0.39 is 0 Å². The zero-order chi connectivity index (χ0) is 19.4. The Morgan fingerprint density at radius 2 is 1.89 bits per heavy atom. The van der Waals surface area contributed by atoms with Crippen molar-refractivity contribution in [1.29, 1.82) is 0 Å². The van der Waals surface area contributed by atoms with Crippen LogP contribution in [0.25, 0.3) is 0 Å². The first-order valence-electron chi connectivity index (χ1n) is 9.31. The van der Waals surface area contributed by atoms with Crippen molar-refractivity contribution in [3.8, 4) is 23.0 Å². The fourth-order valence-corrected chi connectivity index (χ4v) is 3.91. The van der Waals surface area contributed by atoms with E-state index in [1.54, 1.807) is 0 Å². The van der Waals surface area contributed by atoms with Gasteiger partial charge < -0.3 is 18.9 Å². The van der Waals surface area contributed by atoms with Crippen molar-refractivity contribution in [2.45, 2.75) is 33.9 Å². The van der Waals surface area contributed by atoms with Gasteiger partial charge >= 0.3 is 0 Å². The minimum absolute atomic E-state index is 0.0474. The van der Waals surface area contributed by atoms with Gasteiger partial charge in [0.15, 0.2) is 17.3 Å². The maximum absolute atomic E-state index is 12.7. The minimum atomic E-state index is -0.0474. The highest BCUT2D eigenvalue weighted by atomic mass is 16.7. The molecule has 3 heterocycles. The molecule has 0 saturated heterocycles. The molecular formula is C22H21NO5. The minimum Gasteiger partial charge on any atom is -0.477 e. The van der Waals surface area contributed by atoms with Gasteiger partial charge in [-0.1, -0.05) is 6.07 Å². The lowest BCUT2D eigenvalue weighted by molar-refractivity contribution is 0.0876. The largest absolute Gasteiger partial charge is 0.477 e. The third-order valence-electron chi connectivity index (χ3n) is 5.27. The van der Waals surface area contributed by atoms with E-state index in [1.165, 1.54) is 0 Å². The zero-order valence-corrected chi connectivity index (χ0v) is 16.1. The Bertz CT molecular complexity index is 1040. The molecule has 0 N–H and O–H groups in total. The van der Waals surface area contributed by atoms with Crippen LogP contribution in [0.4, 0.5) is 0 Å². The Hall–Kier alpha value is -2.99. The monoisotopic (exact) mass is 379 g/mol. The van der Waals surface area contributed by atoms with E-state index in [-0.39, 0.29) is 12.6 Å². The number of allylic oxidation sites excluding steroid dienone is 2. The van der Waals surface area contributed by atoms with Crippen LogP contribution in [0.3, 0.4) is 0 Å². The molecule has 0 fully saturated rings. The summed E-state index contributed by atoms with van der Waals surface area (Å²) in [4.78, 5) is 14.9. The van der Waals surface area contributed by atoms with Crippen LogP contribution < -0.4 is 18.9 Å². The fourth-order valence-electron chi connectivity index (χ4n) is 3.91. The molecule has 0 spiro atoms. The quantitative estimate of drug-likeness (QED) is 0.737. The third-order valence-corrected chi connectivity index (χ3v) is 5.27. The van der Waals surface area contributed by atoms with Crippen LogP contribution in [-0.4, -0.2) is 24.2 Å². The van der Waals surface area contributed by atoms with E-state index in [2.05, 4.69) is 4.90 Å². The Morgan fingerprint density at radius 1 is 1.07 bits per heavy atom. The maximum Gasteiger partial charge on any atom is 0.231 e. The maximum atomic E-state index is 12.7. The normalized spacial score (nSPS) is 17.1. The van der Waals surface area contributed by atoms with Gasteiger partial charge in [-0.15, -0.1) is 0 Å². The molecule has 3 aliphatic heterocycles. The lowest BCUT2D eigenvalue weighted by Gasteiger charge is -2.30. The number of ether oxygens (including phenoxy) is 4. The number of fused-ring (bicyclic) bond motifs is 3. The number of ketones is 1. The van der Waals surface area contributed by atoms with E-state index in [1.807, 2.05) is 45.0 Å². The van der Waals surface area contributed by atoms with Crippen molar-refractivity contribution >= 4 is 5.78 Å². The smallest absolute Gasteiger partial charge is 0.231 e. The van der Waals surface area contributed by atoms with Crippen LogP contribution in [0.5, 0.6) is 23.0 Å². The van der Waals surface area contributed by atoms with Gasteiger partial charge in [0.1, 0.15) is 18.2 Å². The first-order valence-corrected chi connectivity index (χ1v) is 9.31. The number of Topliss-reactive ketones (excluding diaryl/α,β-unsaturated/α-hetero) is 1. The van der Waals surface area contributed by atoms with Crippen LogP contribution in [0.2, 0.25) is 0 Å². The van der Waals surface area contributed by atoms with E-state index in [0.717, 1.165) is 46.1 Å². The molecule has 0 unspecified atom stereocenters. The van der Waals surface area contributed by atoms with Crippen LogP contribution in [0.15, 0.2) is 35.6 Å². The summed E-state index contributed by atoms with van der Waals surface area (Å²) in [6, 6.07) is 7.89. The molecular weight excluding hydrogens is 358 g/mol. The van der Waals surface area contributed by atoms with Crippen LogP contribution in [-0.2, 0) is 13.1 Å². The van der Waals surface area contributed by atoms with E-state index in [9.17, 15) is 4.79 Å². The number of rotatable bonds is 2. The first kappa shape index (κ1) is 17.1. The van der Waals surface area contributed by atoms with Crippen molar-refractivity contribution in [2.75, 3.05) is 13.5 Å². The second kappa shape index (κ2) is 6.27. The fraction of sp³-hybridized carbons (Fsp3) is 0.318. The predicted octanol–water partition coefficient (Wildman–Crippen LogP) is 3.94. The lowest BCUT2D eigenvalue weighted by atomic mass is 9.99. The first-order chi connectivity index (χ1) is 13.5. The summed E-state index contributed by atoms with van der Waals surface area (Å²) in [5, 5.41) is 0. The number of hydrogen-bond acceptors (Lipinski definition) is 6. The number of hydrogen-bond donors (Lipinski definition) is 0. The Labute approximate surface area is 163 Å². The topological polar surface area (TPSA) is 57.2 Å². The van der Waals surface area contributed by atoms with Crippen LogP contribution in [0.1, 0.15) is 40.9 Å². The predicted molar refractivity (Wildman–Crippen MR) is 102 cm³/mol. The van der Waals surface area contributed by atoms with Gasteiger partial charge in [-0.25, -0.2) is 0 Å². The van der Waals surface area contributed by atoms with E-state index in [0.29, 0.717) is 30.3 Å². The number of carbonyl (C=O) groups is 1. The molecule has 0 saturated carbocycles. The summed E-state index contributed by atoms with van der Waals surface area (Å²) in [6.07, 6.45) is 0. The molecule has 0 radical (unpaired) electrons. The van der Waals surface area contributed by atoms with Gasteiger partial charge in [0.05, 0.1) is 5.56 Å². The average molecular weight is 379 g/mol. The Kier molecular flexibility index (Phi) is 3.84. The number of benzene rings is 2. The van der Waals surface area contributed by atoms with Crippen LogP contribution >= 0.6 is 0 Å². The van der Waals surface area contributed by atoms with Crippen molar-refractivity contribution < 1.29 is 23.7 Å². The molecule has 6 nitrogen and oxygen atoms in total. The summed E-state index contributed by atoms with van der Waals surface area (Å²) >= 11 is 0. The highest BCUT2D eigenvalue weighted by Gasteiger charge is 2.34. The SMILES string of the molecule is CC(C)=C1Oc2c(cc3c(c2C)OCN(Cc2ccc4c(c2)OCO4)C3)C1=O. The van der Waals surface area contributed by atoms with Gasteiger partial charge in [-0.05, 0) is 50.1 Å². The van der Waals surface area contributed by atoms with E-state index in [4.69, 9.17) is 18.9 Å². The molecule has 0 atom stereocenters. The summed E-state index contributed by atoms with van der Waals surface area (Å²) in [5.74, 6) is 3.39. The standard InChI is InChI=1S/C22H21NO5/c1-12(2)20-19(24)16-7-15-9-23(10-25-21(15)13(3)22(16)28-20)8-14-4-5-17-18(6-14)27-11-26-17/h4-7H,8-11H2,1-3H3. The van der Waals surface area contributed by atoms with Gasteiger partial charge in [-0.3, -0.25) is 9.69 Å². The molecule has 6 heteroatoms. The molecule has 2 aromatic carbocycles. The summed E-state index contributed by atoms with van der Waals surface area (Å²) < 4.78 is 22.7. The molecule has 2 aromatic rings. The lowest BCUT2D eigenvalue weighted by Crippen LogP contribution is -2.32. The summed E-state index contributed by atoms with van der Waals surface area (Å²) in [5.41, 5.74) is 4.53. The van der Waals surface area contributed by atoms with Gasteiger partial charge in [0.2, 0.25) is 12.6 Å². The Balaban J connectivity index is 1.42. The Morgan fingerprint density at radius 3 is 2.71 bits per heavy atom. The second-order valence-electron chi connectivity index (χ2n) is 7.57. The molecule has 0 aliphatic carbocycles. The molecule has 0 aromatic heterocycles. The third kappa shape index (κ3) is 2.64. The highest BCUT2D eigenvalue weighted by molar-refractivity contribution is 6.13. The molecule has 28 heavy (non-hydrogen) atoms. The van der Waals surface area contributed by atoms with Crippen molar-refractivity contribution in [3.05, 3.63) is 57.9 Å². The molecule has 5 rings (SSSR count). The van der Waals surface area contributed by atoms with Crippen LogP contribution in [0, 0.1) is 6.92 Å². The van der Waals surface area contributed by atoms with Crippen molar-refractivity contribution in [2.24, 2.45) is 0 Å². The van der Waals surface area contributed by atoms with Crippen molar-refractivity contribution in [3.63, 3.8) is 0 Å². The summed E-state index contributed by atoms with van der Waals surface area (Å²) in [6.45, 7) is 7.89. The molecule has 3 aliphatic rings. The molecule has 0 bridgehead atoms. The summed E-state index contributed by atoms with van der Waals surface area (Å²) in [7, 11) is 0. The van der Waals surface area contributed by atoms with Gasteiger partial charge in [-0.2, -0.15) is 0 Å².